The summed E-state index contributed by atoms with van der Waals surface area (Å²) < 4.78 is 0. The van der Waals surface area contributed by atoms with Crippen molar-refractivity contribution in [2.75, 3.05) is 7.05 Å². The van der Waals surface area contributed by atoms with Crippen LogP contribution in [0.4, 0.5) is 0 Å². The normalized spacial score (nSPS) is 12.1. The molecule has 1 N–H and O–H groups in total. The highest BCUT2D eigenvalue weighted by Gasteiger charge is 1.93. The topological polar surface area (TPSA) is 41.5 Å². The summed E-state index contributed by atoms with van der Waals surface area (Å²) in [7, 11) is 1.60. The highest BCUT2D eigenvalue weighted by atomic mass is 16.1. The number of hydrogen-bond donors (Lipinski definition) is 1. The first-order valence-corrected chi connectivity index (χ1v) is 3.65. The number of carbonyl (C=O) groups excluding carboxylic acids is 1. The molecule has 0 aromatic rings. The molecule has 0 saturated heterocycles. The molecule has 62 valence electrons. The summed E-state index contributed by atoms with van der Waals surface area (Å²) in [6.07, 6.45) is 3.95. The van der Waals surface area contributed by atoms with Crippen LogP contribution in [-0.2, 0) is 4.79 Å². The lowest BCUT2D eigenvalue weighted by atomic mass is 10.3. The molecule has 0 aromatic heterocycles. The van der Waals surface area contributed by atoms with E-state index in [0.717, 1.165) is 12.1 Å². The quantitative estimate of drug-likeness (QED) is 0.480. The van der Waals surface area contributed by atoms with Crippen LogP contribution >= 0.6 is 0 Å². The highest BCUT2D eigenvalue weighted by Crippen LogP contribution is 2.00. The monoisotopic (exact) mass is 154 g/mol. The van der Waals surface area contributed by atoms with Crippen molar-refractivity contribution in [1.82, 2.24) is 5.32 Å². The Labute approximate surface area is 67.2 Å². The van der Waals surface area contributed by atoms with Crippen molar-refractivity contribution in [3.05, 3.63) is 11.8 Å². The molecular formula is C8H14N2O. The van der Waals surface area contributed by atoms with E-state index in [0.29, 0.717) is 0 Å². The van der Waals surface area contributed by atoms with Crippen molar-refractivity contribution >= 4 is 12.1 Å². The minimum Gasteiger partial charge on any atom is -0.356 e. The lowest BCUT2D eigenvalue weighted by Crippen LogP contribution is -2.14. The van der Waals surface area contributed by atoms with E-state index in [4.69, 9.17) is 0 Å². The van der Waals surface area contributed by atoms with Crippen LogP contribution in [0.2, 0.25) is 0 Å². The molecule has 0 saturated carbocycles. The van der Waals surface area contributed by atoms with Crippen LogP contribution in [0.5, 0.6) is 0 Å². The molecule has 0 unspecified atom stereocenters. The van der Waals surface area contributed by atoms with Gasteiger partial charge in [-0.1, -0.05) is 6.92 Å². The smallest absolute Gasteiger partial charge is 0.245 e. The molecule has 0 radical (unpaired) electrons. The summed E-state index contributed by atoms with van der Waals surface area (Å²) in [5.41, 5.74) is 0.798. The van der Waals surface area contributed by atoms with Crippen molar-refractivity contribution < 1.29 is 4.79 Å². The molecule has 0 aliphatic carbocycles. The Bertz CT molecular complexity index is 183. The van der Waals surface area contributed by atoms with Gasteiger partial charge in [0, 0.05) is 25.0 Å². The van der Waals surface area contributed by atoms with Crippen molar-refractivity contribution in [3.8, 4) is 0 Å². The number of amides is 1. The molecule has 3 nitrogen and oxygen atoms in total. The van der Waals surface area contributed by atoms with E-state index >= 15 is 0 Å². The van der Waals surface area contributed by atoms with Gasteiger partial charge in [-0.3, -0.25) is 9.79 Å². The average molecular weight is 154 g/mol. The molecule has 0 atom stereocenters. The third-order valence-electron chi connectivity index (χ3n) is 1.20. The van der Waals surface area contributed by atoms with Crippen LogP contribution in [0.15, 0.2) is 16.8 Å². The fourth-order valence-corrected chi connectivity index (χ4v) is 0.620. The van der Waals surface area contributed by atoms with Gasteiger partial charge in [0.1, 0.15) is 0 Å². The van der Waals surface area contributed by atoms with Crippen molar-refractivity contribution in [1.29, 1.82) is 0 Å². The fraction of sp³-hybridized carbons (Fsp3) is 0.500. The second kappa shape index (κ2) is 5.65. The average Bonchev–Trinajstić information content (AvgIpc) is 2.03. The fourth-order valence-electron chi connectivity index (χ4n) is 0.620. The van der Waals surface area contributed by atoms with E-state index in [-0.39, 0.29) is 5.91 Å². The number of nitrogens with zero attached hydrogens (tertiary/aromatic N) is 1. The van der Waals surface area contributed by atoms with Crippen LogP contribution in [0, 0.1) is 0 Å². The van der Waals surface area contributed by atoms with Gasteiger partial charge >= 0.3 is 0 Å². The number of carbonyl (C=O) groups is 1. The Morgan fingerprint density at radius 3 is 2.64 bits per heavy atom. The van der Waals surface area contributed by atoms with E-state index in [1.54, 1.807) is 13.3 Å². The zero-order chi connectivity index (χ0) is 8.69. The van der Waals surface area contributed by atoms with Crippen molar-refractivity contribution in [2.45, 2.75) is 20.3 Å². The third-order valence-corrected chi connectivity index (χ3v) is 1.20. The lowest BCUT2D eigenvalue weighted by molar-refractivity contribution is -0.116. The van der Waals surface area contributed by atoms with Gasteiger partial charge in [-0.25, -0.2) is 0 Å². The standard InChI is InChI=1S/C8H14N2O/c1-4-7(10-5-2)6-8(11)9-3/h5-6H,4H2,1-3H3,(H,9,11)/b7-6-,10-5?. The van der Waals surface area contributed by atoms with E-state index < -0.39 is 0 Å². The van der Waals surface area contributed by atoms with Gasteiger partial charge in [0.2, 0.25) is 5.91 Å². The van der Waals surface area contributed by atoms with Crippen molar-refractivity contribution in [3.63, 3.8) is 0 Å². The Kier molecular flexibility index (Phi) is 5.07. The van der Waals surface area contributed by atoms with Gasteiger partial charge in [0.05, 0.1) is 0 Å². The first kappa shape index (κ1) is 9.88. The highest BCUT2D eigenvalue weighted by molar-refractivity contribution is 5.88. The Hall–Kier alpha value is -1.12. The van der Waals surface area contributed by atoms with Gasteiger partial charge in [-0.05, 0) is 13.3 Å². The number of hydrogen-bond acceptors (Lipinski definition) is 2. The summed E-state index contributed by atoms with van der Waals surface area (Å²) in [5, 5.41) is 2.50. The maximum Gasteiger partial charge on any atom is 0.245 e. The first-order chi connectivity index (χ1) is 5.24. The Balaban J connectivity index is 4.22. The summed E-state index contributed by atoms with van der Waals surface area (Å²) in [5.74, 6) is -0.104. The van der Waals surface area contributed by atoms with Crippen LogP contribution in [0.1, 0.15) is 20.3 Å². The van der Waals surface area contributed by atoms with Gasteiger partial charge in [-0.2, -0.15) is 0 Å². The second-order valence-corrected chi connectivity index (χ2v) is 1.99. The molecule has 0 fully saturated rings. The Morgan fingerprint density at radius 1 is 1.64 bits per heavy atom. The van der Waals surface area contributed by atoms with Crippen LogP contribution in [0.25, 0.3) is 0 Å². The molecule has 0 bridgehead atoms. The molecule has 3 heteroatoms. The van der Waals surface area contributed by atoms with Crippen molar-refractivity contribution in [2.24, 2.45) is 4.99 Å². The zero-order valence-corrected chi connectivity index (χ0v) is 7.22. The maximum absolute atomic E-state index is 10.8. The predicted octanol–water partition coefficient (Wildman–Crippen LogP) is 1.12. The van der Waals surface area contributed by atoms with E-state index in [1.165, 1.54) is 6.08 Å². The molecule has 0 aromatic carbocycles. The molecule has 0 heterocycles. The number of rotatable bonds is 3. The third kappa shape index (κ3) is 4.31. The number of nitrogens with one attached hydrogen (secondary N) is 1. The molecule has 0 spiro atoms. The largest absolute Gasteiger partial charge is 0.356 e. The summed E-state index contributed by atoms with van der Waals surface area (Å²) >= 11 is 0. The summed E-state index contributed by atoms with van der Waals surface area (Å²) in [4.78, 5) is 14.8. The minimum absolute atomic E-state index is 0.104. The molecular weight excluding hydrogens is 140 g/mol. The number of likely N-dealkylation sites (N-methyl/N-ethyl adjacent to an activating group) is 1. The zero-order valence-electron chi connectivity index (χ0n) is 7.22. The molecule has 0 aliphatic rings. The number of allylic oxidation sites excluding steroid dienone is 1. The molecule has 0 rings (SSSR count). The van der Waals surface area contributed by atoms with Crippen LogP contribution in [-0.4, -0.2) is 19.2 Å². The number of aliphatic imine (C=N–C) groups is 1. The summed E-state index contributed by atoms with van der Waals surface area (Å²) in [6, 6.07) is 0. The van der Waals surface area contributed by atoms with Gasteiger partial charge in [0.25, 0.3) is 0 Å². The van der Waals surface area contributed by atoms with Gasteiger partial charge < -0.3 is 5.32 Å². The SMILES string of the molecule is CC=N/C(=C\C(=O)NC)CC. The molecule has 1 amide bonds. The summed E-state index contributed by atoms with van der Waals surface area (Å²) in [6.45, 7) is 3.79. The van der Waals surface area contributed by atoms with E-state index in [2.05, 4.69) is 10.3 Å². The second-order valence-electron chi connectivity index (χ2n) is 1.99. The minimum atomic E-state index is -0.104. The lowest BCUT2D eigenvalue weighted by Gasteiger charge is -1.95. The van der Waals surface area contributed by atoms with Gasteiger partial charge in [-0.15, -0.1) is 0 Å². The first-order valence-electron chi connectivity index (χ1n) is 3.65. The van der Waals surface area contributed by atoms with Crippen LogP contribution < -0.4 is 5.32 Å². The molecule has 0 aliphatic heterocycles. The van der Waals surface area contributed by atoms with E-state index in [1.807, 2.05) is 13.8 Å². The van der Waals surface area contributed by atoms with Gasteiger partial charge in [0.15, 0.2) is 0 Å². The Morgan fingerprint density at radius 2 is 2.27 bits per heavy atom. The maximum atomic E-state index is 10.8. The van der Waals surface area contributed by atoms with E-state index in [9.17, 15) is 4.79 Å². The molecule has 11 heavy (non-hydrogen) atoms. The van der Waals surface area contributed by atoms with Crippen LogP contribution in [0.3, 0.4) is 0 Å². The predicted molar refractivity (Wildman–Crippen MR) is 46.6 cm³/mol.